The van der Waals surface area contributed by atoms with Gasteiger partial charge in [0.05, 0.1) is 36.3 Å². The molecule has 0 bridgehead atoms. The zero-order chi connectivity index (χ0) is 20.7. The van der Waals surface area contributed by atoms with Crippen LogP contribution < -0.4 is 15.4 Å². The molecule has 2 N–H and O–H groups in total. The number of aromatic nitrogens is 4. The Morgan fingerprint density at radius 1 is 1.33 bits per heavy atom. The van der Waals surface area contributed by atoms with Crippen LogP contribution in [0, 0.1) is 17.1 Å². The van der Waals surface area contributed by atoms with Crippen LogP contribution in [-0.2, 0) is 0 Å². The van der Waals surface area contributed by atoms with Gasteiger partial charge in [-0.15, -0.1) is 0 Å². The molecular formula is C21H22FN7O. The first kappa shape index (κ1) is 18.8. The fourth-order valence-corrected chi connectivity index (χ4v) is 3.92. The lowest BCUT2D eigenvalue weighted by Gasteiger charge is -2.24. The summed E-state index contributed by atoms with van der Waals surface area (Å²) in [6.07, 6.45) is 7.47. The molecule has 9 heteroatoms. The number of rotatable bonds is 5. The van der Waals surface area contributed by atoms with Crippen molar-refractivity contribution >= 4 is 11.5 Å². The summed E-state index contributed by atoms with van der Waals surface area (Å²) in [7, 11) is 1.61. The summed E-state index contributed by atoms with van der Waals surface area (Å²) in [5.74, 6) is 0.861. The summed E-state index contributed by atoms with van der Waals surface area (Å²) in [5, 5.41) is 20.4. The number of nitrogens with zero attached hydrogens (tertiary/aromatic N) is 5. The van der Waals surface area contributed by atoms with Crippen LogP contribution in [0.2, 0.25) is 0 Å². The average molecular weight is 407 g/mol. The van der Waals surface area contributed by atoms with Gasteiger partial charge in [-0.25, -0.2) is 18.9 Å². The first-order chi connectivity index (χ1) is 14.7. The maximum absolute atomic E-state index is 15.0. The number of nitriles is 1. The molecular weight excluding hydrogens is 385 g/mol. The molecule has 154 valence electrons. The number of pyridine rings is 1. The Bertz CT molecular complexity index is 1140. The van der Waals surface area contributed by atoms with E-state index in [1.807, 2.05) is 6.07 Å². The molecule has 30 heavy (non-hydrogen) atoms. The van der Waals surface area contributed by atoms with Crippen molar-refractivity contribution in [2.75, 3.05) is 25.5 Å². The topological polar surface area (TPSA) is 100 Å². The summed E-state index contributed by atoms with van der Waals surface area (Å²) in [5.41, 5.74) is 2.21. The van der Waals surface area contributed by atoms with Crippen LogP contribution >= 0.6 is 0 Å². The van der Waals surface area contributed by atoms with Crippen molar-refractivity contribution in [3.8, 4) is 23.1 Å². The molecule has 2 fully saturated rings. The third-order valence-corrected chi connectivity index (χ3v) is 5.66. The van der Waals surface area contributed by atoms with Gasteiger partial charge in [0.2, 0.25) is 0 Å². The Kier molecular flexibility index (Phi) is 4.71. The van der Waals surface area contributed by atoms with Gasteiger partial charge in [0.25, 0.3) is 0 Å². The Balaban J connectivity index is 1.59. The number of hydrogen-bond acceptors (Lipinski definition) is 7. The van der Waals surface area contributed by atoms with E-state index in [0.717, 1.165) is 44.5 Å². The van der Waals surface area contributed by atoms with Gasteiger partial charge in [0, 0.05) is 18.5 Å². The van der Waals surface area contributed by atoms with Crippen LogP contribution in [0.3, 0.4) is 0 Å². The number of piperidine rings is 1. The van der Waals surface area contributed by atoms with Gasteiger partial charge in [-0.2, -0.15) is 10.4 Å². The van der Waals surface area contributed by atoms with Crippen LogP contribution in [0.15, 0.2) is 18.5 Å². The van der Waals surface area contributed by atoms with Crippen molar-refractivity contribution in [1.29, 1.82) is 5.26 Å². The minimum Gasteiger partial charge on any atom is -0.493 e. The Morgan fingerprint density at radius 3 is 2.90 bits per heavy atom. The predicted molar refractivity (Wildman–Crippen MR) is 109 cm³/mol. The standard InChI is InChI=1S/C21H22FN7O/c1-30-17-11-29-21(28-18(17)12-4-5-12)15(10-25-29)19-16(22)7-13(8-23)20(27-19)26-14-3-2-6-24-9-14/h7,10-12,14,24H,2-6,9H2,1H3,(H,26,27). The van der Waals surface area contributed by atoms with E-state index in [0.29, 0.717) is 28.7 Å². The quantitative estimate of drug-likeness (QED) is 0.671. The normalized spacial score (nSPS) is 18.9. The number of fused-ring (bicyclic) bond motifs is 1. The summed E-state index contributed by atoms with van der Waals surface area (Å²) >= 11 is 0. The first-order valence-electron chi connectivity index (χ1n) is 10.2. The van der Waals surface area contributed by atoms with E-state index in [4.69, 9.17) is 9.72 Å². The maximum Gasteiger partial charge on any atom is 0.165 e. The number of ether oxygens (including phenoxy) is 1. The lowest BCUT2D eigenvalue weighted by atomic mass is 10.1. The van der Waals surface area contributed by atoms with E-state index in [-0.39, 0.29) is 17.3 Å². The first-order valence-corrected chi connectivity index (χ1v) is 10.2. The molecule has 4 heterocycles. The van der Waals surface area contributed by atoms with Crippen LogP contribution in [-0.4, -0.2) is 45.8 Å². The summed E-state index contributed by atoms with van der Waals surface area (Å²) in [6.45, 7) is 1.76. The molecule has 1 atom stereocenters. The Hall–Kier alpha value is -3.25. The Morgan fingerprint density at radius 2 is 2.20 bits per heavy atom. The van der Waals surface area contributed by atoms with Crippen LogP contribution in [0.1, 0.15) is 42.9 Å². The molecule has 1 saturated heterocycles. The molecule has 3 aromatic heterocycles. The highest BCUT2D eigenvalue weighted by atomic mass is 19.1. The highest BCUT2D eigenvalue weighted by Crippen LogP contribution is 2.43. The second-order valence-corrected chi connectivity index (χ2v) is 7.81. The van der Waals surface area contributed by atoms with E-state index in [1.54, 1.807) is 24.0 Å². The van der Waals surface area contributed by atoms with Crippen LogP contribution in [0.25, 0.3) is 16.9 Å². The number of methoxy groups -OCH3 is 1. The molecule has 3 aromatic rings. The molecule has 0 radical (unpaired) electrons. The van der Waals surface area contributed by atoms with Gasteiger partial charge in [0.15, 0.2) is 17.2 Å². The number of halogens is 1. The monoisotopic (exact) mass is 407 g/mol. The zero-order valence-corrected chi connectivity index (χ0v) is 16.7. The summed E-state index contributed by atoms with van der Waals surface area (Å²) in [6, 6.07) is 3.42. The molecule has 0 amide bonds. The van der Waals surface area contributed by atoms with E-state index in [1.165, 1.54) is 6.07 Å². The minimum atomic E-state index is -0.570. The number of anilines is 1. The van der Waals surface area contributed by atoms with Gasteiger partial charge < -0.3 is 15.4 Å². The van der Waals surface area contributed by atoms with Gasteiger partial charge in [-0.05, 0) is 38.3 Å². The molecule has 2 aliphatic rings. The number of hydrogen-bond donors (Lipinski definition) is 2. The van der Waals surface area contributed by atoms with Crippen LogP contribution in [0.5, 0.6) is 5.75 Å². The van der Waals surface area contributed by atoms with E-state index >= 15 is 0 Å². The van der Waals surface area contributed by atoms with Gasteiger partial charge in [-0.3, -0.25) is 0 Å². The van der Waals surface area contributed by atoms with Gasteiger partial charge >= 0.3 is 0 Å². The van der Waals surface area contributed by atoms with Crippen molar-refractivity contribution in [2.24, 2.45) is 0 Å². The van der Waals surface area contributed by atoms with Crippen molar-refractivity contribution < 1.29 is 9.13 Å². The fourth-order valence-electron chi connectivity index (χ4n) is 3.92. The molecule has 1 unspecified atom stereocenters. The second-order valence-electron chi connectivity index (χ2n) is 7.81. The van der Waals surface area contributed by atoms with Crippen molar-refractivity contribution in [1.82, 2.24) is 24.9 Å². The van der Waals surface area contributed by atoms with Crippen LogP contribution in [0.4, 0.5) is 10.2 Å². The third kappa shape index (κ3) is 3.33. The molecule has 1 aliphatic heterocycles. The average Bonchev–Trinajstić information content (AvgIpc) is 3.54. The molecule has 0 spiro atoms. The SMILES string of the molecule is COc1cn2ncc(-c3nc(NC4CCCNC4)c(C#N)cc3F)c2nc1C1CC1. The second kappa shape index (κ2) is 7.54. The molecule has 5 rings (SSSR count). The van der Waals surface area contributed by atoms with Crippen molar-refractivity contribution in [3.63, 3.8) is 0 Å². The van der Waals surface area contributed by atoms with E-state index in [9.17, 15) is 9.65 Å². The molecule has 1 aliphatic carbocycles. The largest absolute Gasteiger partial charge is 0.493 e. The lowest BCUT2D eigenvalue weighted by molar-refractivity contribution is 0.403. The highest BCUT2D eigenvalue weighted by molar-refractivity contribution is 5.77. The zero-order valence-electron chi connectivity index (χ0n) is 16.7. The predicted octanol–water partition coefficient (Wildman–Crippen LogP) is 2.85. The number of nitrogens with one attached hydrogen (secondary N) is 2. The third-order valence-electron chi connectivity index (χ3n) is 5.66. The molecule has 8 nitrogen and oxygen atoms in total. The van der Waals surface area contributed by atoms with Crippen molar-refractivity contribution in [2.45, 2.75) is 37.6 Å². The minimum absolute atomic E-state index is 0.134. The van der Waals surface area contributed by atoms with E-state index < -0.39 is 5.82 Å². The maximum atomic E-state index is 15.0. The Labute approximate surface area is 173 Å². The summed E-state index contributed by atoms with van der Waals surface area (Å²) < 4.78 is 22.0. The van der Waals surface area contributed by atoms with Gasteiger partial charge in [-0.1, -0.05) is 0 Å². The van der Waals surface area contributed by atoms with E-state index in [2.05, 4.69) is 20.7 Å². The highest BCUT2D eigenvalue weighted by Gasteiger charge is 2.30. The smallest absolute Gasteiger partial charge is 0.165 e. The van der Waals surface area contributed by atoms with Gasteiger partial charge in [0.1, 0.15) is 17.6 Å². The fraction of sp³-hybridized carbons (Fsp3) is 0.429. The summed E-state index contributed by atoms with van der Waals surface area (Å²) in [4.78, 5) is 9.25. The van der Waals surface area contributed by atoms with Crippen molar-refractivity contribution in [3.05, 3.63) is 35.5 Å². The molecule has 1 saturated carbocycles. The lowest BCUT2D eigenvalue weighted by Crippen LogP contribution is -2.38. The molecule has 0 aromatic carbocycles.